The van der Waals surface area contributed by atoms with E-state index in [0.29, 0.717) is 11.4 Å². The molecule has 0 saturated carbocycles. The summed E-state index contributed by atoms with van der Waals surface area (Å²) in [6.07, 6.45) is 0. The molecule has 5 nitrogen and oxygen atoms in total. The Morgan fingerprint density at radius 1 is 0.449 bits per heavy atom. The van der Waals surface area contributed by atoms with Gasteiger partial charge in [-0.3, -0.25) is 0 Å². The molecule has 5 heteroatoms. The predicted octanol–water partition coefficient (Wildman–Crippen LogP) is 12.2. The second-order valence-corrected chi connectivity index (χ2v) is 12.2. The second kappa shape index (κ2) is 10.9. The summed E-state index contributed by atoms with van der Waals surface area (Å²) in [7, 11) is 0. The van der Waals surface area contributed by atoms with Crippen LogP contribution in [-0.2, 0) is 0 Å². The zero-order valence-corrected chi connectivity index (χ0v) is 26.2. The Morgan fingerprint density at radius 3 is 2.04 bits per heavy atom. The molecule has 0 aliphatic carbocycles. The minimum Gasteiger partial charge on any atom is -0.456 e. The van der Waals surface area contributed by atoms with Crippen molar-refractivity contribution in [2.45, 2.75) is 0 Å². The van der Waals surface area contributed by atoms with E-state index in [9.17, 15) is 0 Å². The van der Waals surface area contributed by atoms with Crippen molar-refractivity contribution in [3.8, 4) is 22.6 Å². The van der Waals surface area contributed by atoms with E-state index in [4.69, 9.17) is 18.8 Å². The minimum absolute atomic E-state index is 0.623. The Kier molecular flexibility index (Phi) is 6.11. The van der Waals surface area contributed by atoms with Crippen LogP contribution < -0.4 is 4.90 Å². The Labute approximate surface area is 281 Å². The largest absolute Gasteiger partial charge is 0.456 e. The van der Waals surface area contributed by atoms with Gasteiger partial charge in [-0.25, -0.2) is 9.97 Å². The quantitative estimate of drug-likeness (QED) is 0.190. The molecule has 0 fully saturated rings. The molecule has 0 aliphatic rings. The van der Waals surface area contributed by atoms with Crippen molar-refractivity contribution >= 4 is 71.8 Å². The zero-order valence-electron chi connectivity index (χ0n) is 26.2. The van der Waals surface area contributed by atoms with Crippen molar-refractivity contribution in [1.29, 1.82) is 0 Å². The first-order valence-corrected chi connectivity index (χ1v) is 16.3. The molecule has 230 valence electrons. The van der Waals surface area contributed by atoms with Crippen LogP contribution >= 0.6 is 0 Å². The van der Waals surface area contributed by atoms with Crippen LogP contribution in [0.5, 0.6) is 0 Å². The normalized spacial score (nSPS) is 11.7. The lowest BCUT2D eigenvalue weighted by Gasteiger charge is -2.25. The number of benzene rings is 7. The minimum atomic E-state index is 0.623. The fraction of sp³-hybridized carbons (Fsp3) is 0. The Hall–Kier alpha value is -6.72. The van der Waals surface area contributed by atoms with E-state index in [1.54, 1.807) is 0 Å². The summed E-state index contributed by atoms with van der Waals surface area (Å²) in [5.41, 5.74) is 9.61. The maximum absolute atomic E-state index is 6.60. The van der Waals surface area contributed by atoms with Crippen LogP contribution in [0.4, 0.5) is 17.1 Å². The van der Waals surface area contributed by atoms with Gasteiger partial charge in [-0.15, -0.1) is 0 Å². The molecule has 7 aromatic carbocycles. The van der Waals surface area contributed by atoms with Crippen LogP contribution in [0.15, 0.2) is 173 Å². The standard InChI is InChI=1S/C44H27N3O2/c1-3-13-29(14-4-1)41-43-42(35-18-9-10-20-37(35)49-43)46-44(45-41)36-19-11-21-38-40(36)34-25-24-33(27-39(34)48-38)47(31-16-5-2-6-17-31)32-23-22-28-12-7-8-15-30(28)26-32/h1-27H. The van der Waals surface area contributed by atoms with Crippen molar-refractivity contribution in [2.24, 2.45) is 0 Å². The summed E-state index contributed by atoms with van der Waals surface area (Å²) in [6.45, 7) is 0. The summed E-state index contributed by atoms with van der Waals surface area (Å²) < 4.78 is 13.0. The summed E-state index contributed by atoms with van der Waals surface area (Å²) in [5, 5.41) is 5.34. The SMILES string of the molecule is c1ccc(-c2nc(-c3cccc4oc5cc(N(c6ccccc6)c6ccc7ccccc7c6)ccc5c34)nc3c2oc2ccccc23)cc1. The maximum atomic E-state index is 6.60. The predicted molar refractivity (Wildman–Crippen MR) is 200 cm³/mol. The van der Waals surface area contributed by atoms with Crippen LogP contribution in [0.25, 0.3) is 77.4 Å². The molecule has 0 bridgehead atoms. The first-order valence-electron chi connectivity index (χ1n) is 16.3. The molecule has 0 atom stereocenters. The highest BCUT2D eigenvalue weighted by atomic mass is 16.3. The number of rotatable bonds is 5. The van der Waals surface area contributed by atoms with Crippen LogP contribution in [0.3, 0.4) is 0 Å². The van der Waals surface area contributed by atoms with E-state index in [1.807, 2.05) is 54.6 Å². The van der Waals surface area contributed by atoms with Crippen molar-refractivity contribution < 1.29 is 8.83 Å². The first kappa shape index (κ1) is 27.4. The molecule has 3 aromatic heterocycles. The summed E-state index contributed by atoms with van der Waals surface area (Å²) in [4.78, 5) is 12.6. The molecule has 0 saturated heterocycles. The Balaban J connectivity index is 1.17. The number of fused-ring (bicyclic) bond motifs is 7. The fourth-order valence-electron chi connectivity index (χ4n) is 6.98. The Bertz CT molecular complexity index is 2840. The summed E-state index contributed by atoms with van der Waals surface area (Å²) in [6, 6.07) is 56.2. The van der Waals surface area contributed by atoms with Gasteiger partial charge in [-0.2, -0.15) is 0 Å². The molecule has 0 unspecified atom stereocenters. The topological polar surface area (TPSA) is 55.3 Å². The van der Waals surface area contributed by atoms with Gasteiger partial charge in [0.15, 0.2) is 11.4 Å². The van der Waals surface area contributed by atoms with Gasteiger partial charge >= 0.3 is 0 Å². The second-order valence-electron chi connectivity index (χ2n) is 12.2. The molecule has 0 aliphatic heterocycles. The van der Waals surface area contributed by atoms with Crippen LogP contribution in [0.2, 0.25) is 0 Å². The van der Waals surface area contributed by atoms with E-state index in [0.717, 1.165) is 72.3 Å². The number of furan rings is 2. The third kappa shape index (κ3) is 4.48. The number of nitrogens with zero attached hydrogens (tertiary/aromatic N) is 3. The summed E-state index contributed by atoms with van der Waals surface area (Å²) in [5.74, 6) is 0.623. The van der Waals surface area contributed by atoms with E-state index < -0.39 is 0 Å². The molecular formula is C44H27N3O2. The van der Waals surface area contributed by atoms with Gasteiger partial charge in [-0.1, -0.05) is 103 Å². The lowest BCUT2D eigenvalue weighted by molar-refractivity contribution is 0.667. The van der Waals surface area contributed by atoms with Gasteiger partial charge in [0.05, 0.1) is 0 Å². The molecule has 49 heavy (non-hydrogen) atoms. The van der Waals surface area contributed by atoms with Gasteiger partial charge in [-0.05, 0) is 65.4 Å². The molecule has 10 rings (SSSR count). The molecule has 0 amide bonds. The average molecular weight is 630 g/mol. The van der Waals surface area contributed by atoms with E-state index in [2.05, 4.69) is 114 Å². The van der Waals surface area contributed by atoms with Gasteiger partial charge < -0.3 is 13.7 Å². The Morgan fingerprint density at radius 2 is 1.16 bits per heavy atom. The van der Waals surface area contributed by atoms with Crippen LogP contribution in [-0.4, -0.2) is 9.97 Å². The van der Waals surface area contributed by atoms with E-state index >= 15 is 0 Å². The zero-order chi connectivity index (χ0) is 32.3. The lowest BCUT2D eigenvalue weighted by Crippen LogP contribution is -2.09. The summed E-state index contributed by atoms with van der Waals surface area (Å²) >= 11 is 0. The van der Waals surface area contributed by atoms with Gasteiger partial charge in [0.2, 0.25) is 0 Å². The molecule has 0 radical (unpaired) electrons. The molecule has 0 N–H and O–H groups in total. The highest BCUT2D eigenvalue weighted by Crippen LogP contribution is 2.42. The van der Waals surface area contributed by atoms with Crippen molar-refractivity contribution in [1.82, 2.24) is 9.97 Å². The third-order valence-electron chi connectivity index (χ3n) is 9.25. The third-order valence-corrected chi connectivity index (χ3v) is 9.25. The number of aromatic nitrogens is 2. The number of hydrogen-bond donors (Lipinski definition) is 0. The van der Waals surface area contributed by atoms with Crippen molar-refractivity contribution in [3.63, 3.8) is 0 Å². The molecule has 10 aromatic rings. The van der Waals surface area contributed by atoms with Gasteiger partial charge in [0.1, 0.15) is 28.0 Å². The average Bonchev–Trinajstić information content (AvgIpc) is 3.73. The van der Waals surface area contributed by atoms with Crippen LogP contribution in [0.1, 0.15) is 0 Å². The van der Waals surface area contributed by atoms with Crippen LogP contribution in [0, 0.1) is 0 Å². The van der Waals surface area contributed by atoms with Gasteiger partial charge in [0.25, 0.3) is 0 Å². The first-order chi connectivity index (χ1) is 24.3. The molecule has 0 spiro atoms. The highest BCUT2D eigenvalue weighted by molar-refractivity contribution is 6.14. The maximum Gasteiger partial charge on any atom is 0.180 e. The molecular weight excluding hydrogens is 603 g/mol. The van der Waals surface area contributed by atoms with E-state index in [-0.39, 0.29) is 0 Å². The van der Waals surface area contributed by atoms with E-state index in [1.165, 1.54) is 10.8 Å². The fourth-order valence-corrected chi connectivity index (χ4v) is 6.98. The number of hydrogen-bond acceptors (Lipinski definition) is 5. The lowest BCUT2D eigenvalue weighted by atomic mass is 10.0. The van der Waals surface area contributed by atoms with Gasteiger partial charge in [0, 0.05) is 50.4 Å². The smallest absolute Gasteiger partial charge is 0.180 e. The van der Waals surface area contributed by atoms with Crippen molar-refractivity contribution in [2.75, 3.05) is 4.90 Å². The number of anilines is 3. The molecule has 3 heterocycles. The highest BCUT2D eigenvalue weighted by Gasteiger charge is 2.22. The van der Waals surface area contributed by atoms with Crippen molar-refractivity contribution in [3.05, 3.63) is 164 Å². The monoisotopic (exact) mass is 629 g/mol. The number of para-hydroxylation sites is 2.